The molecule has 0 bridgehead atoms. The van der Waals surface area contributed by atoms with E-state index in [4.69, 9.17) is 20.4 Å². The van der Waals surface area contributed by atoms with E-state index in [1.165, 1.54) is 0 Å². The van der Waals surface area contributed by atoms with Crippen LogP contribution in [-0.2, 0) is 14.4 Å². The Hall–Kier alpha value is -1.63. The van der Waals surface area contributed by atoms with Crippen LogP contribution in [0.15, 0.2) is 0 Å². The Kier molecular flexibility index (Phi) is 6.09. The van der Waals surface area contributed by atoms with E-state index >= 15 is 0 Å². The van der Waals surface area contributed by atoms with E-state index in [1.807, 2.05) is 0 Å². The van der Waals surface area contributed by atoms with Crippen LogP contribution >= 0.6 is 0 Å². The van der Waals surface area contributed by atoms with E-state index in [1.54, 1.807) is 0 Å². The number of aliphatic carboxylic acids is 3. The summed E-state index contributed by atoms with van der Waals surface area (Å²) in [6, 6.07) is 0. The Morgan fingerprint density at radius 3 is 1.75 bits per heavy atom. The van der Waals surface area contributed by atoms with Crippen molar-refractivity contribution in [3.8, 4) is 0 Å². The predicted molar refractivity (Wildman–Crippen MR) is 50.8 cm³/mol. The van der Waals surface area contributed by atoms with Crippen molar-refractivity contribution < 1.29 is 34.8 Å². The Morgan fingerprint density at radius 1 is 0.938 bits per heavy atom. The van der Waals surface area contributed by atoms with E-state index in [2.05, 4.69) is 0 Å². The minimum Gasteiger partial charge on any atom is -0.481 e. The third-order valence-electron chi connectivity index (χ3n) is 2.19. The summed E-state index contributed by atoms with van der Waals surface area (Å²) in [6.07, 6.45) is -0.672. The van der Waals surface area contributed by atoms with Gasteiger partial charge in [0.15, 0.2) is 0 Å². The smallest absolute Gasteiger partial charge is 0.307 e. The zero-order valence-corrected chi connectivity index (χ0v) is 8.50. The minimum absolute atomic E-state index is 0.0594. The summed E-state index contributed by atoms with van der Waals surface area (Å²) >= 11 is 0. The van der Waals surface area contributed by atoms with Crippen molar-refractivity contribution in [2.75, 3.05) is 6.61 Å². The maximum Gasteiger partial charge on any atom is 0.307 e. The van der Waals surface area contributed by atoms with Gasteiger partial charge in [-0.1, -0.05) is 0 Å². The second-order valence-corrected chi connectivity index (χ2v) is 3.35. The number of carboxylic acids is 3. The van der Waals surface area contributed by atoms with Crippen LogP contribution < -0.4 is 0 Å². The van der Waals surface area contributed by atoms with Gasteiger partial charge in [-0.25, -0.2) is 0 Å². The lowest BCUT2D eigenvalue weighted by molar-refractivity contribution is -0.157. The third-order valence-corrected chi connectivity index (χ3v) is 2.19. The second-order valence-electron chi connectivity index (χ2n) is 3.35. The van der Waals surface area contributed by atoms with Gasteiger partial charge in [0.1, 0.15) is 0 Å². The first kappa shape index (κ1) is 14.4. The number of aliphatic hydroxyl groups excluding tert-OH is 1. The maximum atomic E-state index is 10.8. The number of carboxylic acid groups (broad SMARTS) is 3. The molecule has 0 saturated heterocycles. The van der Waals surface area contributed by atoms with Crippen LogP contribution in [0.5, 0.6) is 0 Å². The number of carbonyl (C=O) groups is 3. The van der Waals surface area contributed by atoms with Gasteiger partial charge in [-0.15, -0.1) is 0 Å². The molecule has 0 aromatic rings. The molecule has 4 N–H and O–H groups in total. The van der Waals surface area contributed by atoms with Gasteiger partial charge < -0.3 is 20.4 Å². The van der Waals surface area contributed by atoms with Crippen LogP contribution in [0.25, 0.3) is 0 Å². The number of hydrogen-bond acceptors (Lipinski definition) is 4. The van der Waals surface area contributed by atoms with E-state index in [0.717, 1.165) is 0 Å². The van der Waals surface area contributed by atoms with Crippen LogP contribution in [0, 0.1) is 11.8 Å². The van der Waals surface area contributed by atoms with Gasteiger partial charge in [0.25, 0.3) is 0 Å². The molecule has 16 heavy (non-hydrogen) atoms. The average Bonchev–Trinajstić information content (AvgIpc) is 2.15. The first-order valence-electron chi connectivity index (χ1n) is 4.68. The molecule has 0 heterocycles. The summed E-state index contributed by atoms with van der Waals surface area (Å²) in [5.74, 6) is -6.93. The largest absolute Gasteiger partial charge is 0.481 e. The molecular formula is C9H14O7. The summed E-state index contributed by atoms with van der Waals surface area (Å²) in [7, 11) is 0. The van der Waals surface area contributed by atoms with Crippen molar-refractivity contribution in [2.24, 2.45) is 11.8 Å². The van der Waals surface area contributed by atoms with E-state index in [-0.39, 0.29) is 19.4 Å². The molecule has 0 rings (SSSR count). The fourth-order valence-corrected chi connectivity index (χ4v) is 1.40. The normalized spacial score (nSPS) is 14.1. The van der Waals surface area contributed by atoms with E-state index in [0.29, 0.717) is 0 Å². The molecule has 2 atom stereocenters. The first-order valence-corrected chi connectivity index (χ1v) is 4.68. The summed E-state index contributed by atoms with van der Waals surface area (Å²) in [4.78, 5) is 32.0. The van der Waals surface area contributed by atoms with E-state index < -0.39 is 36.2 Å². The van der Waals surface area contributed by atoms with Crippen molar-refractivity contribution in [1.82, 2.24) is 0 Å². The molecule has 0 aliphatic carbocycles. The summed E-state index contributed by atoms with van der Waals surface area (Å²) in [5, 5.41) is 34.6. The topological polar surface area (TPSA) is 132 Å². The first-order chi connectivity index (χ1) is 7.40. The lowest BCUT2D eigenvalue weighted by Gasteiger charge is -2.18. The SMILES string of the molecule is O=C(O)CC(C(=O)O)C(CCCO)C(=O)O. The highest BCUT2D eigenvalue weighted by molar-refractivity contribution is 5.83. The molecule has 0 fully saturated rings. The van der Waals surface area contributed by atoms with Crippen molar-refractivity contribution in [2.45, 2.75) is 19.3 Å². The van der Waals surface area contributed by atoms with Crippen molar-refractivity contribution in [3.05, 3.63) is 0 Å². The highest BCUT2D eigenvalue weighted by Gasteiger charge is 2.34. The van der Waals surface area contributed by atoms with Crippen LogP contribution in [0.2, 0.25) is 0 Å². The minimum atomic E-state index is -1.47. The van der Waals surface area contributed by atoms with Crippen molar-refractivity contribution >= 4 is 17.9 Å². The molecule has 0 spiro atoms. The Labute approximate surface area is 91.3 Å². The van der Waals surface area contributed by atoms with Crippen LogP contribution in [0.4, 0.5) is 0 Å². The Balaban J connectivity index is 4.72. The molecular weight excluding hydrogens is 220 g/mol. The van der Waals surface area contributed by atoms with E-state index in [9.17, 15) is 14.4 Å². The molecule has 2 unspecified atom stereocenters. The van der Waals surface area contributed by atoms with Gasteiger partial charge in [-0.3, -0.25) is 14.4 Å². The number of hydrogen-bond donors (Lipinski definition) is 4. The molecule has 0 radical (unpaired) electrons. The highest BCUT2D eigenvalue weighted by atomic mass is 16.4. The molecule has 0 aliphatic heterocycles. The molecule has 0 aromatic carbocycles. The molecule has 0 amide bonds. The lowest BCUT2D eigenvalue weighted by Crippen LogP contribution is -2.32. The predicted octanol–water partition coefficient (Wildman–Crippen LogP) is -0.365. The molecule has 7 heteroatoms. The quantitative estimate of drug-likeness (QED) is 0.450. The maximum absolute atomic E-state index is 10.8. The molecule has 7 nitrogen and oxygen atoms in total. The van der Waals surface area contributed by atoms with Crippen molar-refractivity contribution in [1.29, 1.82) is 0 Å². The Bertz CT molecular complexity index is 273. The van der Waals surface area contributed by atoms with Crippen LogP contribution in [0.3, 0.4) is 0 Å². The Morgan fingerprint density at radius 2 is 1.44 bits per heavy atom. The van der Waals surface area contributed by atoms with Gasteiger partial charge in [-0.2, -0.15) is 0 Å². The standard InChI is InChI=1S/C9H14O7/c10-3-1-2-5(8(13)14)6(9(15)16)4-7(11)12/h5-6,10H,1-4H2,(H,11,12)(H,13,14)(H,15,16). The molecule has 0 aliphatic rings. The lowest BCUT2D eigenvalue weighted by atomic mass is 9.86. The fourth-order valence-electron chi connectivity index (χ4n) is 1.40. The highest BCUT2D eigenvalue weighted by Crippen LogP contribution is 2.22. The molecule has 0 aromatic heterocycles. The molecule has 0 saturated carbocycles. The van der Waals surface area contributed by atoms with Gasteiger partial charge in [0, 0.05) is 6.61 Å². The summed E-state index contributed by atoms with van der Waals surface area (Å²) < 4.78 is 0. The zero-order valence-electron chi connectivity index (χ0n) is 8.50. The number of rotatable bonds is 8. The summed E-state index contributed by atoms with van der Waals surface area (Å²) in [5.41, 5.74) is 0. The van der Waals surface area contributed by atoms with Gasteiger partial charge >= 0.3 is 17.9 Å². The van der Waals surface area contributed by atoms with Gasteiger partial charge in [-0.05, 0) is 12.8 Å². The second kappa shape index (κ2) is 6.78. The van der Waals surface area contributed by atoms with Gasteiger partial charge in [0.05, 0.1) is 18.3 Å². The van der Waals surface area contributed by atoms with Crippen LogP contribution in [0.1, 0.15) is 19.3 Å². The molecule has 92 valence electrons. The average molecular weight is 234 g/mol. The van der Waals surface area contributed by atoms with Gasteiger partial charge in [0.2, 0.25) is 0 Å². The summed E-state index contributed by atoms with van der Waals surface area (Å²) in [6.45, 7) is -0.261. The third kappa shape index (κ3) is 4.74. The fraction of sp³-hybridized carbons (Fsp3) is 0.667. The number of aliphatic hydroxyl groups is 1. The monoisotopic (exact) mass is 234 g/mol. The van der Waals surface area contributed by atoms with Crippen LogP contribution in [-0.4, -0.2) is 44.9 Å². The van der Waals surface area contributed by atoms with Crippen molar-refractivity contribution in [3.63, 3.8) is 0 Å². The zero-order chi connectivity index (χ0) is 12.7.